The Bertz CT molecular complexity index is 1670. The van der Waals surface area contributed by atoms with Gasteiger partial charge in [-0.05, 0) is 62.7 Å². The van der Waals surface area contributed by atoms with Crippen molar-refractivity contribution in [2.45, 2.75) is 33.7 Å². The Balaban J connectivity index is 1.97. The Labute approximate surface area is 234 Å². The summed E-state index contributed by atoms with van der Waals surface area (Å²) in [5, 5.41) is 0. The number of fused-ring (bicyclic) bond motifs is 1. The number of benzene rings is 2. The number of carbonyl (C=O) groups excluding carboxylic acids is 2. The predicted octanol–water partition coefficient (Wildman–Crippen LogP) is 3.14. The fourth-order valence-corrected chi connectivity index (χ4v) is 5.44. The van der Waals surface area contributed by atoms with Crippen LogP contribution in [0.3, 0.4) is 0 Å². The Morgan fingerprint density at radius 2 is 1.77 bits per heavy atom. The maximum Gasteiger partial charge on any atom is 0.338 e. The van der Waals surface area contributed by atoms with Crippen LogP contribution in [0.4, 0.5) is 0 Å². The molecule has 2 heterocycles. The van der Waals surface area contributed by atoms with Crippen LogP contribution in [-0.4, -0.2) is 43.9 Å². The van der Waals surface area contributed by atoms with Gasteiger partial charge in [-0.3, -0.25) is 14.2 Å². The molecule has 0 fully saturated rings. The molecule has 0 radical (unpaired) electrons. The van der Waals surface area contributed by atoms with Crippen LogP contribution < -0.4 is 33.8 Å². The van der Waals surface area contributed by atoms with Gasteiger partial charge < -0.3 is 23.7 Å². The number of allylic oxidation sites excluding steroid dienone is 1. The van der Waals surface area contributed by atoms with Crippen molar-refractivity contribution in [2.24, 2.45) is 4.99 Å². The first-order valence-electron chi connectivity index (χ1n) is 12.6. The molecule has 0 amide bonds. The summed E-state index contributed by atoms with van der Waals surface area (Å²) in [5.41, 5.74) is 1.51. The van der Waals surface area contributed by atoms with Gasteiger partial charge in [-0.15, -0.1) is 0 Å². The number of hydrogen-bond donors (Lipinski definition) is 0. The number of hydrogen-bond acceptors (Lipinski definition) is 10. The predicted molar refractivity (Wildman–Crippen MR) is 149 cm³/mol. The molecule has 2 aromatic carbocycles. The summed E-state index contributed by atoms with van der Waals surface area (Å²) in [4.78, 5) is 43.8. The molecule has 1 aromatic heterocycles. The zero-order valence-corrected chi connectivity index (χ0v) is 23.9. The van der Waals surface area contributed by atoms with Crippen molar-refractivity contribution < 1.29 is 33.3 Å². The summed E-state index contributed by atoms with van der Waals surface area (Å²) in [7, 11) is 3.10. The van der Waals surface area contributed by atoms with Gasteiger partial charge in [0.15, 0.2) is 16.3 Å². The molecule has 0 spiro atoms. The summed E-state index contributed by atoms with van der Waals surface area (Å²) in [6.45, 7) is 6.97. The average molecular weight is 567 g/mol. The molecule has 1 aliphatic rings. The van der Waals surface area contributed by atoms with E-state index in [1.165, 1.54) is 22.8 Å². The molecule has 1 atom stereocenters. The normalized spacial score (nSPS) is 14.8. The van der Waals surface area contributed by atoms with Gasteiger partial charge in [-0.1, -0.05) is 17.4 Å². The summed E-state index contributed by atoms with van der Waals surface area (Å²) in [5.74, 6) is 0.617. The summed E-state index contributed by atoms with van der Waals surface area (Å²) in [6, 6.07) is 9.35. The molecule has 210 valence electrons. The van der Waals surface area contributed by atoms with E-state index in [-0.39, 0.29) is 23.5 Å². The van der Waals surface area contributed by atoms with Crippen molar-refractivity contribution >= 4 is 29.4 Å². The highest BCUT2D eigenvalue weighted by Gasteiger charge is 2.34. The van der Waals surface area contributed by atoms with Crippen molar-refractivity contribution in [3.8, 4) is 23.0 Å². The van der Waals surface area contributed by atoms with Crippen molar-refractivity contribution in [1.82, 2.24) is 4.57 Å². The maximum atomic E-state index is 13.9. The van der Waals surface area contributed by atoms with E-state index in [1.54, 1.807) is 77.5 Å². The lowest BCUT2D eigenvalue weighted by Gasteiger charge is -2.25. The zero-order valence-electron chi connectivity index (χ0n) is 23.1. The molecule has 3 aromatic rings. The highest BCUT2D eigenvalue weighted by molar-refractivity contribution is 7.07. The standard InChI is InChI=1S/C29H30N2O8S/c1-7-37-23-14-18(9-11-22(23)39-17(4)32)26-25(28(34)38-8-2)16(3)30-29-31(26)27(33)24(40-29)15-19-13-20(35-5)10-12-21(19)36-6/h9-15,26H,7-8H2,1-6H3. The first kappa shape index (κ1) is 28.6. The van der Waals surface area contributed by atoms with Gasteiger partial charge >= 0.3 is 11.9 Å². The number of aromatic nitrogens is 1. The van der Waals surface area contributed by atoms with Crippen LogP contribution in [0.25, 0.3) is 6.08 Å². The summed E-state index contributed by atoms with van der Waals surface area (Å²) >= 11 is 1.19. The van der Waals surface area contributed by atoms with E-state index in [4.69, 9.17) is 23.7 Å². The second-order valence-electron chi connectivity index (χ2n) is 8.64. The highest BCUT2D eigenvalue weighted by Crippen LogP contribution is 2.36. The van der Waals surface area contributed by atoms with Crippen molar-refractivity contribution in [2.75, 3.05) is 27.4 Å². The van der Waals surface area contributed by atoms with E-state index < -0.39 is 18.0 Å². The van der Waals surface area contributed by atoms with E-state index >= 15 is 0 Å². The first-order chi connectivity index (χ1) is 19.2. The largest absolute Gasteiger partial charge is 0.497 e. The van der Waals surface area contributed by atoms with Crippen LogP contribution in [0.1, 0.15) is 44.9 Å². The van der Waals surface area contributed by atoms with Gasteiger partial charge in [0.1, 0.15) is 11.5 Å². The monoisotopic (exact) mass is 566 g/mol. The summed E-state index contributed by atoms with van der Waals surface area (Å²) in [6.07, 6.45) is 1.71. The number of methoxy groups -OCH3 is 2. The lowest BCUT2D eigenvalue weighted by Crippen LogP contribution is -2.40. The molecule has 1 unspecified atom stereocenters. The lowest BCUT2D eigenvalue weighted by molar-refractivity contribution is -0.139. The molecule has 0 aliphatic carbocycles. The quantitative estimate of drug-likeness (QED) is 0.287. The van der Waals surface area contributed by atoms with E-state index in [2.05, 4.69) is 4.99 Å². The molecule has 0 saturated carbocycles. The molecule has 10 nitrogen and oxygen atoms in total. The second-order valence-corrected chi connectivity index (χ2v) is 9.65. The molecule has 4 rings (SSSR count). The lowest BCUT2D eigenvalue weighted by atomic mass is 9.95. The number of nitrogens with zero attached hydrogens (tertiary/aromatic N) is 2. The third-order valence-corrected chi connectivity index (χ3v) is 7.06. The van der Waals surface area contributed by atoms with E-state index in [9.17, 15) is 14.4 Å². The Kier molecular flexibility index (Phi) is 8.73. The number of ether oxygens (including phenoxy) is 5. The van der Waals surface area contributed by atoms with Gasteiger partial charge in [-0.25, -0.2) is 9.79 Å². The van der Waals surface area contributed by atoms with E-state index in [0.717, 1.165) is 0 Å². The van der Waals surface area contributed by atoms with Crippen molar-refractivity contribution in [3.63, 3.8) is 0 Å². The molecule has 0 bridgehead atoms. The van der Waals surface area contributed by atoms with Gasteiger partial charge in [0.05, 0.1) is 49.3 Å². The Morgan fingerprint density at radius 1 is 1.02 bits per heavy atom. The molecule has 0 N–H and O–H groups in total. The van der Waals surface area contributed by atoms with Crippen LogP contribution in [0.5, 0.6) is 23.0 Å². The van der Waals surface area contributed by atoms with Crippen LogP contribution in [0.15, 0.2) is 57.5 Å². The molecule has 40 heavy (non-hydrogen) atoms. The molecular formula is C29H30N2O8S. The third-order valence-electron chi connectivity index (χ3n) is 6.08. The first-order valence-corrected chi connectivity index (χ1v) is 13.4. The maximum absolute atomic E-state index is 13.9. The van der Waals surface area contributed by atoms with Gasteiger partial charge in [-0.2, -0.15) is 0 Å². The fourth-order valence-electron chi connectivity index (χ4n) is 4.40. The zero-order chi connectivity index (χ0) is 29.0. The van der Waals surface area contributed by atoms with Crippen LogP contribution >= 0.6 is 11.3 Å². The number of thiazole rings is 1. The fraction of sp³-hybridized carbons (Fsp3) is 0.310. The van der Waals surface area contributed by atoms with Crippen LogP contribution in [0, 0.1) is 0 Å². The second kappa shape index (κ2) is 12.2. The minimum Gasteiger partial charge on any atom is -0.497 e. The smallest absolute Gasteiger partial charge is 0.338 e. The van der Waals surface area contributed by atoms with Crippen molar-refractivity contribution in [3.05, 3.63) is 78.5 Å². The molecular weight excluding hydrogens is 536 g/mol. The topological polar surface area (TPSA) is 115 Å². The number of carbonyl (C=O) groups is 2. The van der Waals surface area contributed by atoms with Gasteiger partial charge in [0, 0.05) is 12.5 Å². The van der Waals surface area contributed by atoms with Crippen LogP contribution in [0.2, 0.25) is 0 Å². The van der Waals surface area contributed by atoms with Crippen molar-refractivity contribution in [1.29, 1.82) is 0 Å². The highest BCUT2D eigenvalue weighted by atomic mass is 32.1. The number of esters is 2. The van der Waals surface area contributed by atoms with Crippen LogP contribution in [-0.2, 0) is 14.3 Å². The SMILES string of the molecule is CCOC(=O)C1=C(C)N=c2sc(=Cc3cc(OC)ccc3OC)c(=O)n2C1c1ccc(OC(C)=O)c(OCC)c1. The minimum absolute atomic E-state index is 0.151. The average Bonchev–Trinajstić information content (AvgIpc) is 3.22. The molecule has 11 heteroatoms. The van der Waals surface area contributed by atoms with Gasteiger partial charge in [0.2, 0.25) is 0 Å². The number of rotatable bonds is 9. The van der Waals surface area contributed by atoms with E-state index in [0.29, 0.717) is 50.0 Å². The molecule has 1 aliphatic heterocycles. The molecule has 0 saturated heterocycles. The summed E-state index contributed by atoms with van der Waals surface area (Å²) < 4.78 is 29.1. The van der Waals surface area contributed by atoms with E-state index in [1.807, 2.05) is 0 Å². The Morgan fingerprint density at radius 3 is 2.42 bits per heavy atom. The Hall–Kier alpha value is -4.38. The minimum atomic E-state index is -0.866. The third kappa shape index (κ3) is 5.64. The van der Waals surface area contributed by atoms with Gasteiger partial charge in [0.25, 0.3) is 5.56 Å².